The summed E-state index contributed by atoms with van der Waals surface area (Å²) < 4.78 is 8.83. The highest BCUT2D eigenvalue weighted by molar-refractivity contribution is 5.89. The smallest absolute Gasteiger partial charge is 0.349 e. The molecule has 13 heavy (non-hydrogen) atoms. The average Bonchev–Trinajstić information content (AvgIpc) is 2.12. The van der Waals surface area contributed by atoms with Gasteiger partial charge in [-0.05, 0) is 6.92 Å². The fraction of sp³-hybridized carbons (Fsp3) is 0.500. The van der Waals surface area contributed by atoms with Crippen molar-refractivity contribution in [1.29, 1.82) is 0 Å². The number of carbonyl (C=O) groups is 2. The van der Waals surface area contributed by atoms with E-state index in [0.29, 0.717) is 0 Å². The van der Waals surface area contributed by atoms with Gasteiger partial charge in [0.05, 0.1) is 13.7 Å². The van der Waals surface area contributed by atoms with Crippen LogP contribution in [-0.4, -0.2) is 36.9 Å². The molecule has 1 N–H and O–H groups in total. The van der Waals surface area contributed by atoms with Crippen molar-refractivity contribution in [3.05, 3.63) is 12.2 Å². The summed E-state index contributed by atoms with van der Waals surface area (Å²) in [5, 5.41) is 8.65. The molecule has 0 spiro atoms. The first-order chi connectivity index (χ1) is 6.02. The lowest BCUT2D eigenvalue weighted by Crippen LogP contribution is -2.31. The summed E-state index contributed by atoms with van der Waals surface area (Å²) in [6.07, 6.45) is -1.27. The molecule has 0 amide bonds. The Morgan fingerprint density at radius 3 is 2.38 bits per heavy atom. The maximum absolute atomic E-state index is 10.9. The van der Waals surface area contributed by atoms with Crippen LogP contribution in [0.2, 0.25) is 0 Å². The second-order valence-electron chi connectivity index (χ2n) is 2.38. The SMILES string of the molecule is C=C(C)C(=O)OC(CO)C(=O)OC. The van der Waals surface area contributed by atoms with Gasteiger partial charge in [0.25, 0.3) is 0 Å². The Bertz CT molecular complexity index is 221. The van der Waals surface area contributed by atoms with Crippen molar-refractivity contribution in [3.63, 3.8) is 0 Å². The summed E-state index contributed by atoms with van der Waals surface area (Å²) >= 11 is 0. The molecule has 0 aliphatic heterocycles. The second kappa shape index (κ2) is 5.31. The minimum atomic E-state index is -1.27. The molecule has 1 atom stereocenters. The van der Waals surface area contributed by atoms with E-state index >= 15 is 0 Å². The monoisotopic (exact) mass is 188 g/mol. The Hall–Kier alpha value is -1.36. The van der Waals surface area contributed by atoms with Crippen molar-refractivity contribution in [2.75, 3.05) is 13.7 Å². The summed E-state index contributed by atoms with van der Waals surface area (Å²) in [5.41, 5.74) is 0.155. The largest absolute Gasteiger partial charge is 0.466 e. The summed E-state index contributed by atoms with van der Waals surface area (Å²) in [6, 6.07) is 0. The number of esters is 2. The molecule has 5 heteroatoms. The predicted molar refractivity (Wildman–Crippen MR) is 43.8 cm³/mol. The van der Waals surface area contributed by atoms with Gasteiger partial charge in [0, 0.05) is 5.57 Å². The van der Waals surface area contributed by atoms with Gasteiger partial charge < -0.3 is 14.6 Å². The Balaban J connectivity index is 4.21. The normalized spacial score (nSPS) is 11.6. The highest BCUT2D eigenvalue weighted by atomic mass is 16.6. The van der Waals surface area contributed by atoms with Crippen molar-refractivity contribution >= 4 is 11.9 Å². The fourth-order valence-electron chi connectivity index (χ4n) is 0.521. The minimum absolute atomic E-state index is 0.155. The molecular formula is C8H12O5. The van der Waals surface area contributed by atoms with Crippen LogP contribution in [0, 0.1) is 0 Å². The molecule has 74 valence electrons. The Morgan fingerprint density at radius 2 is 2.08 bits per heavy atom. The van der Waals surface area contributed by atoms with Gasteiger partial charge >= 0.3 is 11.9 Å². The maximum atomic E-state index is 10.9. The fourth-order valence-corrected chi connectivity index (χ4v) is 0.521. The van der Waals surface area contributed by atoms with Crippen molar-refractivity contribution in [2.24, 2.45) is 0 Å². The Morgan fingerprint density at radius 1 is 1.54 bits per heavy atom. The molecule has 0 heterocycles. The van der Waals surface area contributed by atoms with E-state index in [0.717, 1.165) is 7.11 Å². The van der Waals surface area contributed by atoms with E-state index in [4.69, 9.17) is 5.11 Å². The molecule has 0 aliphatic carbocycles. The zero-order valence-corrected chi connectivity index (χ0v) is 7.57. The van der Waals surface area contributed by atoms with Crippen LogP contribution in [0.15, 0.2) is 12.2 Å². The molecule has 0 saturated heterocycles. The third-order valence-electron chi connectivity index (χ3n) is 1.23. The molecule has 0 bridgehead atoms. The van der Waals surface area contributed by atoms with Crippen LogP contribution in [0.1, 0.15) is 6.92 Å². The third-order valence-corrected chi connectivity index (χ3v) is 1.23. The van der Waals surface area contributed by atoms with Gasteiger partial charge in [-0.25, -0.2) is 9.59 Å². The quantitative estimate of drug-likeness (QED) is 0.481. The minimum Gasteiger partial charge on any atom is -0.466 e. The number of hydrogen-bond acceptors (Lipinski definition) is 5. The topological polar surface area (TPSA) is 72.8 Å². The molecule has 0 saturated carbocycles. The number of rotatable bonds is 4. The van der Waals surface area contributed by atoms with Crippen LogP contribution < -0.4 is 0 Å². The highest BCUT2D eigenvalue weighted by Gasteiger charge is 2.22. The zero-order chi connectivity index (χ0) is 10.4. The number of methoxy groups -OCH3 is 1. The average molecular weight is 188 g/mol. The van der Waals surface area contributed by atoms with E-state index in [-0.39, 0.29) is 5.57 Å². The molecule has 0 aromatic rings. The molecule has 1 unspecified atom stereocenters. The standard InChI is InChI=1S/C8H12O5/c1-5(2)7(10)13-6(4-9)8(11)12-3/h6,9H,1,4H2,2-3H3. The number of aliphatic hydroxyl groups excluding tert-OH is 1. The molecule has 0 aromatic carbocycles. The molecular weight excluding hydrogens is 176 g/mol. The number of ether oxygens (including phenoxy) is 2. The van der Waals surface area contributed by atoms with Crippen LogP contribution in [0.25, 0.3) is 0 Å². The lowest BCUT2D eigenvalue weighted by molar-refractivity contribution is -0.166. The third kappa shape index (κ3) is 3.71. The van der Waals surface area contributed by atoms with E-state index in [9.17, 15) is 9.59 Å². The van der Waals surface area contributed by atoms with Crippen LogP contribution in [0.3, 0.4) is 0 Å². The maximum Gasteiger partial charge on any atom is 0.349 e. The second-order valence-corrected chi connectivity index (χ2v) is 2.38. The van der Waals surface area contributed by atoms with Crippen molar-refractivity contribution in [1.82, 2.24) is 0 Å². The van der Waals surface area contributed by atoms with Gasteiger partial charge in [-0.15, -0.1) is 0 Å². The molecule has 0 aromatic heterocycles. The summed E-state index contributed by atoms with van der Waals surface area (Å²) in [4.78, 5) is 21.7. The van der Waals surface area contributed by atoms with Gasteiger partial charge in [0.2, 0.25) is 6.10 Å². The van der Waals surface area contributed by atoms with E-state index in [1.54, 1.807) is 0 Å². The zero-order valence-electron chi connectivity index (χ0n) is 7.57. The number of aliphatic hydroxyl groups is 1. The van der Waals surface area contributed by atoms with Crippen molar-refractivity contribution in [3.8, 4) is 0 Å². The first-order valence-corrected chi connectivity index (χ1v) is 3.58. The summed E-state index contributed by atoms with van der Waals surface area (Å²) in [5.74, 6) is -1.53. The lowest BCUT2D eigenvalue weighted by Gasteiger charge is -2.12. The molecule has 0 fully saturated rings. The van der Waals surface area contributed by atoms with Gasteiger partial charge in [0.15, 0.2) is 0 Å². The van der Waals surface area contributed by atoms with Gasteiger partial charge in [-0.1, -0.05) is 6.58 Å². The first-order valence-electron chi connectivity index (χ1n) is 3.58. The van der Waals surface area contributed by atoms with Crippen LogP contribution in [-0.2, 0) is 19.1 Å². The Kier molecular flexibility index (Phi) is 4.76. The molecule has 0 aliphatic rings. The van der Waals surface area contributed by atoms with Crippen molar-refractivity contribution < 1.29 is 24.2 Å². The summed E-state index contributed by atoms with van der Waals surface area (Å²) in [7, 11) is 1.14. The predicted octanol–water partition coefficient (Wildman–Crippen LogP) is -0.360. The van der Waals surface area contributed by atoms with Crippen LogP contribution >= 0.6 is 0 Å². The van der Waals surface area contributed by atoms with Crippen molar-refractivity contribution in [2.45, 2.75) is 13.0 Å². The van der Waals surface area contributed by atoms with E-state index in [1.165, 1.54) is 6.92 Å². The Labute approximate surface area is 75.9 Å². The van der Waals surface area contributed by atoms with Crippen LogP contribution in [0.4, 0.5) is 0 Å². The van der Waals surface area contributed by atoms with E-state index in [2.05, 4.69) is 16.1 Å². The number of hydrogen-bond donors (Lipinski definition) is 1. The first kappa shape index (κ1) is 11.6. The van der Waals surface area contributed by atoms with Crippen LogP contribution in [0.5, 0.6) is 0 Å². The summed E-state index contributed by atoms with van der Waals surface area (Å²) in [6.45, 7) is 4.15. The van der Waals surface area contributed by atoms with E-state index in [1.807, 2.05) is 0 Å². The highest BCUT2D eigenvalue weighted by Crippen LogP contribution is 1.99. The number of carbonyl (C=O) groups excluding carboxylic acids is 2. The van der Waals surface area contributed by atoms with E-state index < -0.39 is 24.6 Å². The van der Waals surface area contributed by atoms with Gasteiger partial charge in [0.1, 0.15) is 0 Å². The van der Waals surface area contributed by atoms with Gasteiger partial charge in [-0.2, -0.15) is 0 Å². The lowest BCUT2D eigenvalue weighted by atomic mass is 10.3. The molecule has 5 nitrogen and oxygen atoms in total. The molecule has 0 radical (unpaired) electrons. The molecule has 0 rings (SSSR count). The van der Waals surface area contributed by atoms with Gasteiger partial charge in [-0.3, -0.25) is 0 Å².